The SMILES string of the molecule is NC(Cc1cncn1C1O[C@@](O)(CO)[C@@H](O)[C@H](O)[C@@H]1O)C(=O)O. The van der Waals surface area contributed by atoms with E-state index in [9.17, 15) is 30.3 Å². The molecule has 6 atom stereocenters. The maximum atomic E-state index is 10.8. The predicted octanol–water partition coefficient (Wildman–Crippen LogP) is -3.87. The van der Waals surface area contributed by atoms with Gasteiger partial charge in [0.1, 0.15) is 24.4 Å². The van der Waals surface area contributed by atoms with Gasteiger partial charge in [0.05, 0.1) is 12.9 Å². The second-order valence-electron chi connectivity index (χ2n) is 5.38. The first-order valence-corrected chi connectivity index (χ1v) is 6.75. The van der Waals surface area contributed by atoms with E-state index >= 15 is 0 Å². The minimum Gasteiger partial charge on any atom is -0.480 e. The van der Waals surface area contributed by atoms with Crippen molar-refractivity contribution in [3.63, 3.8) is 0 Å². The van der Waals surface area contributed by atoms with Crippen LogP contribution in [0.5, 0.6) is 0 Å². The summed E-state index contributed by atoms with van der Waals surface area (Å²) in [5.41, 5.74) is 5.70. The highest BCUT2D eigenvalue weighted by molar-refractivity contribution is 5.73. The Hall–Kier alpha value is -1.60. The molecule has 11 heteroatoms. The standard InChI is InChI=1S/C12H19N3O8/c13-6(11(20)21)1-5-2-14-4-15(5)10-8(18)7(17)9(19)12(22,3-16)23-10/h2,4,6-10,16-19,22H,1,3,13H2,(H,20,21)/t6?,7-,8+,9+,10?,12+/m1/s1. The Morgan fingerprint density at radius 2 is 2.09 bits per heavy atom. The highest BCUT2D eigenvalue weighted by Crippen LogP contribution is 2.34. The van der Waals surface area contributed by atoms with Gasteiger partial charge in [-0.3, -0.25) is 4.79 Å². The van der Waals surface area contributed by atoms with Gasteiger partial charge in [0.15, 0.2) is 6.23 Å². The second-order valence-corrected chi connectivity index (χ2v) is 5.38. The smallest absolute Gasteiger partial charge is 0.320 e. The first-order chi connectivity index (χ1) is 10.7. The van der Waals surface area contributed by atoms with E-state index < -0.39 is 48.9 Å². The molecule has 0 aromatic carbocycles. The summed E-state index contributed by atoms with van der Waals surface area (Å²) in [7, 11) is 0. The van der Waals surface area contributed by atoms with E-state index in [-0.39, 0.29) is 12.1 Å². The number of rotatable bonds is 5. The molecule has 1 aliphatic rings. The van der Waals surface area contributed by atoms with E-state index in [0.717, 1.165) is 0 Å². The number of imidazole rings is 1. The van der Waals surface area contributed by atoms with E-state index in [4.69, 9.17) is 15.6 Å². The molecule has 0 aliphatic carbocycles. The third-order valence-corrected chi connectivity index (χ3v) is 3.75. The summed E-state index contributed by atoms with van der Waals surface area (Å²) >= 11 is 0. The molecule has 130 valence electrons. The van der Waals surface area contributed by atoms with Crippen LogP contribution in [0.1, 0.15) is 11.9 Å². The van der Waals surface area contributed by atoms with Crippen molar-refractivity contribution in [3.8, 4) is 0 Å². The van der Waals surface area contributed by atoms with Gasteiger partial charge >= 0.3 is 5.97 Å². The molecule has 1 aromatic heterocycles. The summed E-state index contributed by atoms with van der Waals surface area (Å²) in [6.45, 7) is -1.03. The van der Waals surface area contributed by atoms with Crippen LogP contribution in [-0.4, -0.2) is 82.9 Å². The lowest BCUT2D eigenvalue weighted by Crippen LogP contribution is -2.64. The van der Waals surface area contributed by atoms with Crippen molar-refractivity contribution in [1.29, 1.82) is 0 Å². The number of carboxylic acids is 1. The number of aromatic nitrogens is 2. The molecule has 1 aromatic rings. The zero-order chi connectivity index (χ0) is 17.4. The molecule has 0 amide bonds. The molecule has 0 bridgehead atoms. The van der Waals surface area contributed by atoms with Crippen LogP contribution in [0.2, 0.25) is 0 Å². The van der Waals surface area contributed by atoms with Gasteiger partial charge in [-0.25, -0.2) is 4.98 Å². The number of aliphatic carboxylic acids is 1. The van der Waals surface area contributed by atoms with Crippen LogP contribution >= 0.6 is 0 Å². The molecular formula is C12H19N3O8. The van der Waals surface area contributed by atoms with Crippen molar-refractivity contribution in [1.82, 2.24) is 9.55 Å². The molecule has 1 fully saturated rings. The number of carbonyl (C=O) groups is 1. The van der Waals surface area contributed by atoms with E-state index in [1.54, 1.807) is 0 Å². The maximum absolute atomic E-state index is 10.8. The van der Waals surface area contributed by atoms with E-state index in [1.807, 2.05) is 0 Å². The Morgan fingerprint density at radius 3 is 2.65 bits per heavy atom. The molecule has 8 N–H and O–H groups in total. The van der Waals surface area contributed by atoms with E-state index in [0.29, 0.717) is 0 Å². The third kappa shape index (κ3) is 3.21. The maximum Gasteiger partial charge on any atom is 0.320 e. The zero-order valence-electron chi connectivity index (χ0n) is 11.9. The molecule has 23 heavy (non-hydrogen) atoms. The molecule has 2 unspecified atom stereocenters. The fraction of sp³-hybridized carbons (Fsp3) is 0.667. The van der Waals surface area contributed by atoms with Gasteiger partial charge in [-0.05, 0) is 0 Å². The lowest BCUT2D eigenvalue weighted by atomic mass is 9.95. The first-order valence-electron chi connectivity index (χ1n) is 6.75. The predicted molar refractivity (Wildman–Crippen MR) is 71.7 cm³/mol. The molecule has 0 saturated carbocycles. The van der Waals surface area contributed by atoms with Gasteiger partial charge in [0.25, 0.3) is 0 Å². The van der Waals surface area contributed by atoms with Crippen LogP contribution in [0.15, 0.2) is 12.5 Å². The summed E-state index contributed by atoms with van der Waals surface area (Å²) < 4.78 is 6.30. The molecule has 2 rings (SSSR count). The Bertz CT molecular complexity index is 566. The minimum atomic E-state index is -2.50. The lowest BCUT2D eigenvalue weighted by molar-refractivity contribution is -0.370. The topological polar surface area (TPSA) is 192 Å². The van der Waals surface area contributed by atoms with Crippen LogP contribution in [0.25, 0.3) is 0 Å². The summed E-state index contributed by atoms with van der Waals surface area (Å²) in [5.74, 6) is -3.75. The van der Waals surface area contributed by atoms with Crippen molar-refractivity contribution in [3.05, 3.63) is 18.2 Å². The van der Waals surface area contributed by atoms with Crippen LogP contribution in [0, 0.1) is 0 Å². The number of nitrogens with two attached hydrogens (primary N) is 1. The Kier molecular flexibility index (Phi) is 5.01. The molecule has 2 heterocycles. The number of ether oxygens (including phenoxy) is 1. The zero-order valence-corrected chi connectivity index (χ0v) is 11.9. The Morgan fingerprint density at radius 1 is 1.43 bits per heavy atom. The fourth-order valence-corrected chi connectivity index (χ4v) is 2.35. The minimum absolute atomic E-state index is 0.155. The van der Waals surface area contributed by atoms with E-state index in [2.05, 4.69) is 4.98 Å². The summed E-state index contributed by atoms with van der Waals surface area (Å²) in [5, 5.41) is 57.6. The van der Waals surface area contributed by atoms with Crippen LogP contribution in [0.4, 0.5) is 0 Å². The Balaban J connectivity index is 2.30. The van der Waals surface area contributed by atoms with E-state index in [1.165, 1.54) is 17.1 Å². The number of aliphatic hydroxyl groups is 5. The largest absolute Gasteiger partial charge is 0.480 e. The third-order valence-electron chi connectivity index (χ3n) is 3.75. The van der Waals surface area contributed by atoms with Crippen molar-refractivity contribution >= 4 is 5.97 Å². The fourth-order valence-electron chi connectivity index (χ4n) is 2.35. The molecule has 0 radical (unpaired) electrons. The van der Waals surface area contributed by atoms with Gasteiger partial charge in [-0.1, -0.05) is 0 Å². The van der Waals surface area contributed by atoms with Crippen LogP contribution in [-0.2, 0) is 16.0 Å². The van der Waals surface area contributed by atoms with Gasteiger partial charge in [0, 0.05) is 18.3 Å². The first kappa shape index (κ1) is 17.7. The Labute approximate surface area is 130 Å². The molecule has 11 nitrogen and oxygen atoms in total. The van der Waals surface area contributed by atoms with Gasteiger partial charge < -0.3 is 45.7 Å². The van der Waals surface area contributed by atoms with Crippen LogP contribution < -0.4 is 5.73 Å². The summed E-state index contributed by atoms with van der Waals surface area (Å²) in [6, 6.07) is -1.24. The van der Waals surface area contributed by atoms with Crippen molar-refractivity contribution in [2.24, 2.45) is 5.73 Å². The number of hydrogen-bond donors (Lipinski definition) is 7. The average molecular weight is 333 g/mol. The number of nitrogens with zero attached hydrogens (tertiary/aromatic N) is 2. The highest BCUT2D eigenvalue weighted by atomic mass is 16.7. The molecular weight excluding hydrogens is 314 g/mol. The van der Waals surface area contributed by atoms with Gasteiger partial charge in [0.2, 0.25) is 5.79 Å². The monoisotopic (exact) mass is 333 g/mol. The molecule has 0 spiro atoms. The van der Waals surface area contributed by atoms with Crippen molar-refractivity contribution in [2.45, 2.75) is 42.8 Å². The van der Waals surface area contributed by atoms with Gasteiger partial charge in [-0.15, -0.1) is 0 Å². The average Bonchev–Trinajstić information content (AvgIpc) is 2.96. The highest BCUT2D eigenvalue weighted by Gasteiger charge is 2.53. The van der Waals surface area contributed by atoms with Crippen molar-refractivity contribution in [2.75, 3.05) is 6.61 Å². The van der Waals surface area contributed by atoms with Crippen LogP contribution in [0.3, 0.4) is 0 Å². The summed E-state index contributed by atoms with van der Waals surface area (Å²) in [4.78, 5) is 14.6. The second kappa shape index (κ2) is 6.49. The number of hydrogen-bond acceptors (Lipinski definition) is 9. The molecule has 1 saturated heterocycles. The number of aliphatic hydroxyl groups excluding tert-OH is 4. The van der Waals surface area contributed by atoms with Gasteiger partial charge in [-0.2, -0.15) is 0 Å². The normalized spacial score (nSPS) is 35.9. The number of carboxylic acid groups (broad SMARTS) is 1. The summed E-state index contributed by atoms with van der Waals surface area (Å²) in [6.07, 6.45) is -4.51. The molecule has 1 aliphatic heterocycles. The van der Waals surface area contributed by atoms with Crippen molar-refractivity contribution < 1.29 is 40.2 Å². The quantitative estimate of drug-likeness (QED) is 0.280. The lowest BCUT2D eigenvalue weighted by Gasteiger charge is -2.45.